The van der Waals surface area contributed by atoms with Crippen molar-refractivity contribution in [2.75, 3.05) is 5.32 Å². The summed E-state index contributed by atoms with van der Waals surface area (Å²) in [6.07, 6.45) is 4.86. The Labute approximate surface area is 148 Å². The fourth-order valence-electron chi connectivity index (χ4n) is 2.45. The molecule has 26 heavy (non-hydrogen) atoms. The first-order valence-electron chi connectivity index (χ1n) is 7.94. The van der Waals surface area contributed by atoms with Gasteiger partial charge >= 0.3 is 0 Å². The van der Waals surface area contributed by atoms with Crippen molar-refractivity contribution in [3.8, 4) is 11.5 Å². The second kappa shape index (κ2) is 6.67. The molecule has 0 aliphatic rings. The topological polar surface area (TPSA) is 99.0 Å². The fraction of sp³-hybridized carbons (Fsp3) is 0.111. The van der Waals surface area contributed by atoms with Gasteiger partial charge in [0.15, 0.2) is 17.3 Å². The zero-order valence-electron chi connectivity index (χ0n) is 13.9. The quantitative estimate of drug-likeness (QED) is 0.594. The molecule has 130 valence electrons. The molecule has 1 aromatic carbocycles. The highest BCUT2D eigenvalue weighted by Gasteiger charge is 2.16. The van der Waals surface area contributed by atoms with E-state index in [9.17, 15) is 4.79 Å². The number of oxazole rings is 1. The molecule has 0 fully saturated rings. The predicted molar refractivity (Wildman–Crippen MR) is 92.5 cm³/mol. The standard InChI is InChI=1S/C18H15N5O3/c1-12-19-9-17(25-12)16-7-15(22-26-16)18(24)21-14-8-20-23(11-14)10-13-5-3-2-4-6-13/h2-9,11H,10H2,1H3,(H,21,24). The van der Waals surface area contributed by atoms with Crippen molar-refractivity contribution in [3.63, 3.8) is 0 Å². The molecule has 8 nitrogen and oxygen atoms in total. The van der Waals surface area contributed by atoms with Gasteiger partial charge in [-0.3, -0.25) is 9.48 Å². The highest BCUT2D eigenvalue weighted by atomic mass is 16.5. The van der Waals surface area contributed by atoms with Crippen LogP contribution in [0.15, 0.2) is 63.9 Å². The number of amides is 1. The number of carbonyl (C=O) groups is 1. The van der Waals surface area contributed by atoms with E-state index in [1.54, 1.807) is 24.0 Å². The van der Waals surface area contributed by atoms with Gasteiger partial charge in [-0.05, 0) is 5.56 Å². The molecule has 0 saturated heterocycles. The predicted octanol–water partition coefficient (Wildman–Crippen LogP) is 3.14. The van der Waals surface area contributed by atoms with E-state index in [0.29, 0.717) is 29.6 Å². The molecule has 3 aromatic heterocycles. The summed E-state index contributed by atoms with van der Waals surface area (Å²) < 4.78 is 12.2. The Morgan fingerprint density at radius 1 is 1.19 bits per heavy atom. The lowest BCUT2D eigenvalue weighted by Crippen LogP contribution is -2.11. The third-order valence-electron chi connectivity index (χ3n) is 3.69. The van der Waals surface area contributed by atoms with Gasteiger partial charge in [0.2, 0.25) is 5.76 Å². The number of benzene rings is 1. The Hall–Kier alpha value is -3.68. The Kier molecular flexibility index (Phi) is 4.06. The number of hydrogen-bond acceptors (Lipinski definition) is 6. The number of anilines is 1. The first kappa shape index (κ1) is 15.8. The first-order chi connectivity index (χ1) is 12.7. The van der Waals surface area contributed by atoms with Gasteiger partial charge in [-0.25, -0.2) is 4.98 Å². The van der Waals surface area contributed by atoms with Crippen LogP contribution >= 0.6 is 0 Å². The maximum Gasteiger partial charge on any atom is 0.277 e. The molecule has 0 saturated carbocycles. The van der Waals surface area contributed by atoms with Crippen LogP contribution in [0.4, 0.5) is 5.69 Å². The smallest absolute Gasteiger partial charge is 0.277 e. The molecule has 4 rings (SSSR count). The van der Waals surface area contributed by atoms with E-state index in [4.69, 9.17) is 8.94 Å². The highest BCUT2D eigenvalue weighted by molar-refractivity contribution is 6.03. The minimum Gasteiger partial charge on any atom is -0.438 e. The number of hydrogen-bond donors (Lipinski definition) is 1. The molecular formula is C18H15N5O3. The van der Waals surface area contributed by atoms with E-state index in [1.165, 1.54) is 12.3 Å². The molecular weight excluding hydrogens is 334 g/mol. The van der Waals surface area contributed by atoms with Crippen molar-refractivity contribution in [1.82, 2.24) is 19.9 Å². The van der Waals surface area contributed by atoms with E-state index in [-0.39, 0.29) is 5.69 Å². The van der Waals surface area contributed by atoms with Crippen molar-refractivity contribution in [2.24, 2.45) is 0 Å². The second-order valence-electron chi connectivity index (χ2n) is 5.69. The average molecular weight is 349 g/mol. The SMILES string of the molecule is Cc1ncc(-c2cc(C(=O)Nc3cnn(Cc4ccccc4)c3)no2)o1. The Bertz CT molecular complexity index is 1030. The van der Waals surface area contributed by atoms with Crippen LogP contribution in [-0.4, -0.2) is 25.8 Å². The second-order valence-corrected chi connectivity index (χ2v) is 5.69. The Morgan fingerprint density at radius 3 is 2.81 bits per heavy atom. The van der Waals surface area contributed by atoms with Gasteiger partial charge in [0.1, 0.15) is 0 Å². The van der Waals surface area contributed by atoms with Crippen LogP contribution in [0.5, 0.6) is 0 Å². The molecule has 0 aliphatic heterocycles. The average Bonchev–Trinajstić information content (AvgIpc) is 3.37. The summed E-state index contributed by atoms with van der Waals surface area (Å²) in [4.78, 5) is 16.3. The number of nitrogens with one attached hydrogen (secondary N) is 1. The summed E-state index contributed by atoms with van der Waals surface area (Å²) in [5.74, 6) is 0.879. The summed E-state index contributed by atoms with van der Waals surface area (Å²) in [5, 5.41) is 10.8. The van der Waals surface area contributed by atoms with Crippen molar-refractivity contribution >= 4 is 11.6 Å². The summed E-state index contributed by atoms with van der Waals surface area (Å²) in [6.45, 7) is 2.34. The summed E-state index contributed by atoms with van der Waals surface area (Å²) >= 11 is 0. The molecule has 3 heterocycles. The monoisotopic (exact) mass is 349 g/mol. The number of nitrogens with zero attached hydrogens (tertiary/aromatic N) is 4. The number of aryl methyl sites for hydroxylation is 1. The lowest BCUT2D eigenvalue weighted by molar-refractivity contribution is 0.101. The molecule has 8 heteroatoms. The van der Waals surface area contributed by atoms with E-state index >= 15 is 0 Å². The van der Waals surface area contributed by atoms with Crippen LogP contribution in [0.3, 0.4) is 0 Å². The molecule has 0 bridgehead atoms. The molecule has 1 N–H and O–H groups in total. The van der Waals surface area contributed by atoms with Crippen molar-refractivity contribution in [1.29, 1.82) is 0 Å². The minimum atomic E-state index is -0.393. The van der Waals surface area contributed by atoms with Crippen LogP contribution in [0.25, 0.3) is 11.5 Å². The highest BCUT2D eigenvalue weighted by Crippen LogP contribution is 2.21. The molecule has 0 spiro atoms. The van der Waals surface area contributed by atoms with Gasteiger partial charge < -0.3 is 14.3 Å². The van der Waals surface area contributed by atoms with Crippen molar-refractivity contribution < 1.29 is 13.7 Å². The van der Waals surface area contributed by atoms with Crippen LogP contribution in [0.1, 0.15) is 21.9 Å². The molecule has 4 aromatic rings. The van der Waals surface area contributed by atoms with Gasteiger partial charge in [0.25, 0.3) is 5.91 Å². The fourth-order valence-corrected chi connectivity index (χ4v) is 2.45. The zero-order chi connectivity index (χ0) is 17.9. The van der Waals surface area contributed by atoms with E-state index in [2.05, 4.69) is 20.6 Å². The molecule has 0 atom stereocenters. The minimum absolute atomic E-state index is 0.143. The van der Waals surface area contributed by atoms with Gasteiger partial charge in [-0.2, -0.15) is 5.10 Å². The van der Waals surface area contributed by atoms with Crippen molar-refractivity contribution in [2.45, 2.75) is 13.5 Å². The maximum absolute atomic E-state index is 12.3. The largest absolute Gasteiger partial charge is 0.438 e. The molecule has 0 radical (unpaired) electrons. The number of aromatic nitrogens is 4. The summed E-state index contributed by atoms with van der Waals surface area (Å²) in [5.41, 5.74) is 1.84. The van der Waals surface area contributed by atoms with E-state index in [1.807, 2.05) is 30.3 Å². The van der Waals surface area contributed by atoms with Gasteiger partial charge in [0.05, 0.1) is 24.6 Å². The van der Waals surface area contributed by atoms with Crippen LogP contribution < -0.4 is 5.32 Å². The Balaban J connectivity index is 1.43. The number of rotatable bonds is 5. The summed E-state index contributed by atoms with van der Waals surface area (Å²) in [6, 6.07) is 11.4. The third kappa shape index (κ3) is 3.39. The van der Waals surface area contributed by atoms with Gasteiger partial charge in [-0.15, -0.1) is 0 Å². The lowest BCUT2D eigenvalue weighted by atomic mass is 10.2. The van der Waals surface area contributed by atoms with Gasteiger partial charge in [0, 0.05) is 19.2 Å². The zero-order valence-corrected chi connectivity index (χ0v) is 13.9. The van der Waals surface area contributed by atoms with Crippen LogP contribution in [0.2, 0.25) is 0 Å². The normalized spacial score (nSPS) is 10.8. The van der Waals surface area contributed by atoms with E-state index in [0.717, 1.165) is 5.56 Å². The molecule has 0 unspecified atom stereocenters. The first-order valence-corrected chi connectivity index (χ1v) is 7.94. The van der Waals surface area contributed by atoms with Crippen LogP contribution in [-0.2, 0) is 6.54 Å². The molecule has 0 aliphatic carbocycles. The Morgan fingerprint density at radius 2 is 2.04 bits per heavy atom. The third-order valence-corrected chi connectivity index (χ3v) is 3.69. The number of carbonyl (C=O) groups excluding carboxylic acids is 1. The van der Waals surface area contributed by atoms with Crippen molar-refractivity contribution in [3.05, 3.63) is 72.1 Å². The van der Waals surface area contributed by atoms with Crippen LogP contribution in [0, 0.1) is 6.92 Å². The lowest BCUT2D eigenvalue weighted by Gasteiger charge is -2.01. The summed E-state index contributed by atoms with van der Waals surface area (Å²) in [7, 11) is 0. The van der Waals surface area contributed by atoms with Gasteiger partial charge in [-0.1, -0.05) is 35.5 Å². The maximum atomic E-state index is 12.3. The van der Waals surface area contributed by atoms with E-state index < -0.39 is 5.91 Å². The molecule has 1 amide bonds.